The zero-order valence-corrected chi connectivity index (χ0v) is 7.56. The van der Waals surface area contributed by atoms with Crippen LogP contribution < -0.4 is 0 Å². The highest BCUT2D eigenvalue weighted by atomic mass is 32.1. The molecule has 0 atom stereocenters. The normalized spacial score (nSPS) is 15.9. The van der Waals surface area contributed by atoms with Crippen LogP contribution in [0.4, 0.5) is 0 Å². The fourth-order valence-electron chi connectivity index (χ4n) is 0.921. The summed E-state index contributed by atoms with van der Waals surface area (Å²) in [7, 11) is 0. The Kier molecular flexibility index (Phi) is 2.70. The van der Waals surface area contributed by atoms with E-state index in [1.54, 1.807) is 6.92 Å². The number of carbonyl (C=O) groups excluding carboxylic acids is 2. The molecule has 0 fully saturated rings. The smallest absolute Gasteiger partial charge is 0.253 e. The maximum atomic E-state index is 11.0. The van der Waals surface area contributed by atoms with Crippen molar-refractivity contribution in [1.82, 2.24) is 4.90 Å². The van der Waals surface area contributed by atoms with E-state index in [2.05, 4.69) is 0 Å². The van der Waals surface area contributed by atoms with E-state index in [-0.39, 0.29) is 11.8 Å². The molecule has 1 rings (SSSR count). The lowest BCUT2D eigenvalue weighted by atomic mass is 10.3. The second kappa shape index (κ2) is 3.58. The molecule has 0 saturated carbocycles. The van der Waals surface area contributed by atoms with Crippen molar-refractivity contribution in [2.24, 2.45) is 0 Å². The van der Waals surface area contributed by atoms with Gasteiger partial charge in [0.25, 0.3) is 11.8 Å². The van der Waals surface area contributed by atoms with Gasteiger partial charge in [-0.1, -0.05) is 12.2 Å². The average Bonchev–Trinajstić information content (AvgIpc) is 2.28. The predicted octanol–water partition coefficient (Wildman–Crippen LogP) is 0.691. The van der Waals surface area contributed by atoms with E-state index in [0.717, 1.165) is 4.86 Å². The zero-order chi connectivity index (χ0) is 9.14. The summed E-state index contributed by atoms with van der Waals surface area (Å²) in [5.41, 5.74) is 0. The lowest BCUT2D eigenvalue weighted by molar-refractivity contribution is -0.136. The van der Waals surface area contributed by atoms with Crippen molar-refractivity contribution in [2.75, 3.05) is 6.54 Å². The molecule has 0 unspecified atom stereocenters. The standard InChI is InChI=1S/C8H9NO2S/c1-6(12)4-5-9-7(10)2-3-8(9)11/h2-3H,4-5H2,1H3. The molecule has 0 aromatic rings. The highest BCUT2D eigenvalue weighted by molar-refractivity contribution is 7.80. The van der Waals surface area contributed by atoms with Crippen molar-refractivity contribution in [1.29, 1.82) is 0 Å². The van der Waals surface area contributed by atoms with E-state index in [4.69, 9.17) is 12.2 Å². The van der Waals surface area contributed by atoms with Crippen molar-refractivity contribution >= 4 is 28.9 Å². The average molecular weight is 183 g/mol. The molecule has 64 valence electrons. The van der Waals surface area contributed by atoms with E-state index < -0.39 is 0 Å². The van der Waals surface area contributed by atoms with Crippen LogP contribution in [0.1, 0.15) is 13.3 Å². The van der Waals surface area contributed by atoms with Crippen LogP contribution in [0.25, 0.3) is 0 Å². The van der Waals surface area contributed by atoms with Crippen molar-refractivity contribution in [3.63, 3.8) is 0 Å². The molecule has 4 heteroatoms. The number of rotatable bonds is 3. The van der Waals surface area contributed by atoms with Gasteiger partial charge in [0.15, 0.2) is 0 Å². The summed E-state index contributed by atoms with van der Waals surface area (Å²) in [6, 6.07) is 0. The lowest BCUT2D eigenvalue weighted by Gasteiger charge is -2.12. The van der Waals surface area contributed by atoms with Crippen LogP contribution >= 0.6 is 12.2 Å². The molecule has 1 heterocycles. The predicted molar refractivity (Wildman–Crippen MR) is 48.7 cm³/mol. The van der Waals surface area contributed by atoms with Gasteiger partial charge < -0.3 is 0 Å². The quantitative estimate of drug-likeness (QED) is 0.477. The van der Waals surface area contributed by atoms with Crippen LogP contribution in [0.15, 0.2) is 12.2 Å². The van der Waals surface area contributed by atoms with Gasteiger partial charge >= 0.3 is 0 Å². The molecule has 0 bridgehead atoms. The monoisotopic (exact) mass is 183 g/mol. The Morgan fingerprint density at radius 3 is 2.33 bits per heavy atom. The maximum Gasteiger partial charge on any atom is 0.253 e. The topological polar surface area (TPSA) is 37.4 Å². The number of imide groups is 1. The third-order valence-corrected chi connectivity index (χ3v) is 1.79. The van der Waals surface area contributed by atoms with Crippen LogP contribution in [-0.2, 0) is 9.59 Å². The number of hydrogen-bond donors (Lipinski definition) is 0. The first-order valence-corrected chi connectivity index (χ1v) is 4.05. The van der Waals surface area contributed by atoms with Gasteiger partial charge in [-0.25, -0.2) is 0 Å². The first-order chi connectivity index (χ1) is 5.61. The summed E-state index contributed by atoms with van der Waals surface area (Å²) in [5.74, 6) is -0.479. The summed E-state index contributed by atoms with van der Waals surface area (Å²) < 4.78 is 0. The third kappa shape index (κ3) is 1.98. The number of amides is 2. The maximum absolute atomic E-state index is 11.0. The molecule has 0 radical (unpaired) electrons. The Labute approximate surface area is 76.0 Å². The summed E-state index contributed by atoms with van der Waals surface area (Å²) in [5, 5.41) is 0. The Bertz CT molecular complexity index is 252. The Hall–Kier alpha value is -1.03. The minimum Gasteiger partial charge on any atom is -0.275 e. The van der Waals surface area contributed by atoms with E-state index in [1.165, 1.54) is 17.1 Å². The van der Waals surface area contributed by atoms with E-state index in [0.29, 0.717) is 13.0 Å². The molecule has 0 saturated heterocycles. The molecule has 1 aliphatic rings. The van der Waals surface area contributed by atoms with Crippen LogP contribution in [-0.4, -0.2) is 28.1 Å². The SMILES string of the molecule is CC(=S)CCN1C(=O)C=CC1=O. The molecule has 0 aliphatic carbocycles. The fourth-order valence-corrected chi connectivity index (χ4v) is 1.01. The van der Waals surface area contributed by atoms with E-state index in [9.17, 15) is 9.59 Å². The fraction of sp³-hybridized carbons (Fsp3) is 0.375. The van der Waals surface area contributed by atoms with Crippen molar-refractivity contribution < 1.29 is 9.59 Å². The van der Waals surface area contributed by atoms with E-state index in [1.807, 2.05) is 0 Å². The van der Waals surface area contributed by atoms with Gasteiger partial charge in [-0.05, 0) is 18.2 Å². The molecular formula is C8H9NO2S. The molecule has 2 amide bonds. The van der Waals surface area contributed by atoms with Crippen LogP contribution in [0.2, 0.25) is 0 Å². The van der Waals surface area contributed by atoms with Crippen LogP contribution in [0, 0.1) is 0 Å². The van der Waals surface area contributed by atoms with Crippen molar-refractivity contribution in [2.45, 2.75) is 13.3 Å². The van der Waals surface area contributed by atoms with Crippen LogP contribution in [0.5, 0.6) is 0 Å². The number of hydrogen-bond acceptors (Lipinski definition) is 3. The van der Waals surface area contributed by atoms with Gasteiger partial charge in [0, 0.05) is 18.7 Å². The molecule has 0 aromatic carbocycles. The Balaban J connectivity index is 2.48. The second-order valence-electron chi connectivity index (χ2n) is 2.61. The molecule has 12 heavy (non-hydrogen) atoms. The Morgan fingerprint density at radius 2 is 1.92 bits per heavy atom. The number of nitrogens with zero attached hydrogens (tertiary/aromatic N) is 1. The summed E-state index contributed by atoms with van der Waals surface area (Å²) in [4.78, 5) is 23.9. The second-order valence-corrected chi connectivity index (χ2v) is 3.31. The van der Waals surface area contributed by atoms with Gasteiger partial charge in [0.2, 0.25) is 0 Å². The molecule has 1 aliphatic heterocycles. The minimum atomic E-state index is -0.240. The molecule has 3 nitrogen and oxygen atoms in total. The van der Waals surface area contributed by atoms with Gasteiger partial charge in [0.1, 0.15) is 0 Å². The lowest BCUT2D eigenvalue weighted by Crippen LogP contribution is -2.31. The molecule has 0 spiro atoms. The van der Waals surface area contributed by atoms with Gasteiger partial charge in [0.05, 0.1) is 0 Å². The molecule has 0 N–H and O–H groups in total. The van der Waals surface area contributed by atoms with E-state index >= 15 is 0 Å². The first-order valence-electron chi connectivity index (χ1n) is 3.64. The molecule has 0 aromatic heterocycles. The first kappa shape index (κ1) is 9.06. The summed E-state index contributed by atoms with van der Waals surface area (Å²) >= 11 is 4.84. The van der Waals surface area contributed by atoms with Gasteiger partial charge in [-0.15, -0.1) is 0 Å². The largest absolute Gasteiger partial charge is 0.275 e. The highest BCUT2D eigenvalue weighted by Crippen LogP contribution is 2.04. The summed E-state index contributed by atoms with van der Waals surface area (Å²) in [6.45, 7) is 2.20. The number of thiocarbonyl (C=S) groups is 1. The summed E-state index contributed by atoms with van der Waals surface area (Å²) in [6.07, 6.45) is 3.16. The third-order valence-electron chi connectivity index (χ3n) is 1.59. The van der Waals surface area contributed by atoms with Crippen LogP contribution in [0.3, 0.4) is 0 Å². The van der Waals surface area contributed by atoms with Gasteiger partial charge in [-0.3, -0.25) is 14.5 Å². The number of carbonyl (C=O) groups is 2. The molecular weight excluding hydrogens is 174 g/mol. The Morgan fingerprint density at radius 1 is 1.42 bits per heavy atom. The van der Waals surface area contributed by atoms with Gasteiger partial charge in [-0.2, -0.15) is 0 Å². The highest BCUT2D eigenvalue weighted by Gasteiger charge is 2.22. The van der Waals surface area contributed by atoms with Crippen molar-refractivity contribution in [3.05, 3.63) is 12.2 Å². The zero-order valence-electron chi connectivity index (χ0n) is 6.74. The van der Waals surface area contributed by atoms with Crippen molar-refractivity contribution in [3.8, 4) is 0 Å². The minimum absolute atomic E-state index is 0.240.